The molecule has 0 fully saturated rings. The largest absolute Gasteiger partial charge is 0.416 e. The Labute approximate surface area is 136 Å². The number of carbonyl (C=O) groups excluding carboxylic acids is 1. The number of benzene rings is 2. The van der Waals surface area contributed by atoms with Gasteiger partial charge in [0.15, 0.2) is 0 Å². The van der Waals surface area contributed by atoms with E-state index < -0.39 is 23.8 Å². The molecule has 1 atom stereocenters. The third-order valence-corrected chi connectivity index (χ3v) is 3.45. The van der Waals surface area contributed by atoms with Crippen molar-refractivity contribution in [1.29, 1.82) is 0 Å². The van der Waals surface area contributed by atoms with Crippen LogP contribution in [0.4, 0.5) is 22.4 Å². The maximum absolute atomic E-state index is 12.8. The Balaban J connectivity index is 1.88. The highest BCUT2D eigenvalue weighted by atomic mass is 19.4. The topological polar surface area (TPSA) is 41.1 Å². The van der Waals surface area contributed by atoms with Crippen LogP contribution >= 0.6 is 0 Å². The maximum atomic E-state index is 12.8. The van der Waals surface area contributed by atoms with Crippen molar-refractivity contribution in [2.75, 3.05) is 0 Å². The smallest absolute Gasteiger partial charge is 0.334 e. The molecule has 0 bridgehead atoms. The van der Waals surface area contributed by atoms with Gasteiger partial charge in [-0.1, -0.05) is 24.3 Å². The van der Waals surface area contributed by atoms with Crippen LogP contribution in [0.2, 0.25) is 0 Å². The summed E-state index contributed by atoms with van der Waals surface area (Å²) in [5, 5.41) is 5.23. The van der Waals surface area contributed by atoms with E-state index >= 15 is 0 Å². The van der Waals surface area contributed by atoms with Crippen molar-refractivity contribution in [1.82, 2.24) is 10.6 Å². The van der Waals surface area contributed by atoms with Gasteiger partial charge in [-0.2, -0.15) is 13.2 Å². The minimum atomic E-state index is -4.39. The lowest BCUT2D eigenvalue weighted by molar-refractivity contribution is -0.137. The number of rotatable bonds is 4. The lowest BCUT2D eigenvalue weighted by Gasteiger charge is -2.16. The van der Waals surface area contributed by atoms with Gasteiger partial charge in [-0.05, 0) is 42.3 Å². The molecule has 128 valence electrons. The summed E-state index contributed by atoms with van der Waals surface area (Å²) >= 11 is 0. The average molecular weight is 340 g/mol. The van der Waals surface area contributed by atoms with Gasteiger partial charge in [0.25, 0.3) is 0 Å². The molecule has 0 aliphatic carbocycles. The maximum Gasteiger partial charge on any atom is 0.416 e. The third kappa shape index (κ3) is 4.97. The van der Waals surface area contributed by atoms with Crippen LogP contribution < -0.4 is 10.6 Å². The predicted octanol–water partition coefficient (Wildman–Crippen LogP) is 4.40. The molecule has 1 unspecified atom stereocenters. The van der Waals surface area contributed by atoms with Gasteiger partial charge in [-0.15, -0.1) is 0 Å². The van der Waals surface area contributed by atoms with Gasteiger partial charge in [0.05, 0.1) is 11.6 Å². The fourth-order valence-corrected chi connectivity index (χ4v) is 2.08. The summed E-state index contributed by atoms with van der Waals surface area (Å²) in [5.41, 5.74) is 0.549. The first-order valence-corrected chi connectivity index (χ1v) is 7.21. The highest BCUT2D eigenvalue weighted by Gasteiger charge is 2.30. The Bertz CT molecular complexity index is 681. The molecule has 2 amide bonds. The zero-order valence-corrected chi connectivity index (χ0v) is 12.8. The highest BCUT2D eigenvalue weighted by Crippen LogP contribution is 2.29. The first kappa shape index (κ1) is 17.8. The number of alkyl halides is 3. The molecule has 2 rings (SSSR count). The number of carbonyl (C=O) groups is 1. The Hall–Kier alpha value is -2.57. The lowest BCUT2D eigenvalue weighted by Crippen LogP contribution is -2.36. The standard InChI is InChI=1S/C17H16F4N2O/c1-11(13-4-6-14(7-5-13)17(19,20)21)23-16(24)22-10-12-2-8-15(18)9-3-12/h2-9,11H,10H2,1H3,(H2,22,23,24). The van der Waals surface area contributed by atoms with Gasteiger partial charge in [0, 0.05) is 6.54 Å². The number of hydrogen-bond donors (Lipinski definition) is 2. The van der Waals surface area contributed by atoms with Crippen molar-refractivity contribution >= 4 is 6.03 Å². The van der Waals surface area contributed by atoms with E-state index in [-0.39, 0.29) is 12.4 Å². The van der Waals surface area contributed by atoms with Crippen LogP contribution in [0.25, 0.3) is 0 Å². The summed E-state index contributed by atoms with van der Waals surface area (Å²) in [5.74, 6) is -0.362. The number of nitrogens with one attached hydrogen (secondary N) is 2. The Morgan fingerprint density at radius 2 is 1.62 bits per heavy atom. The number of urea groups is 1. The van der Waals surface area contributed by atoms with E-state index in [1.54, 1.807) is 19.1 Å². The van der Waals surface area contributed by atoms with Crippen molar-refractivity contribution in [3.63, 3.8) is 0 Å². The summed E-state index contributed by atoms with van der Waals surface area (Å²) in [6.07, 6.45) is -4.39. The monoisotopic (exact) mass is 340 g/mol. The molecule has 0 radical (unpaired) electrons. The predicted molar refractivity (Wildman–Crippen MR) is 81.6 cm³/mol. The van der Waals surface area contributed by atoms with Gasteiger partial charge in [-0.3, -0.25) is 0 Å². The molecule has 3 nitrogen and oxygen atoms in total. The molecular weight excluding hydrogens is 324 g/mol. The van der Waals surface area contributed by atoms with E-state index in [2.05, 4.69) is 10.6 Å². The molecule has 0 saturated heterocycles. The fourth-order valence-electron chi connectivity index (χ4n) is 2.08. The van der Waals surface area contributed by atoms with Gasteiger partial charge >= 0.3 is 12.2 Å². The minimum Gasteiger partial charge on any atom is -0.334 e. The highest BCUT2D eigenvalue weighted by molar-refractivity contribution is 5.74. The van der Waals surface area contributed by atoms with Crippen LogP contribution in [0.1, 0.15) is 29.7 Å². The zero-order chi connectivity index (χ0) is 17.7. The molecule has 0 aliphatic heterocycles. The molecule has 0 heterocycles. The fraction of sp³-hybridized carbons (Fsp3) is 0.235. The molecule has 0 aromatic heterocycles. The van der Waals surface area contributed by atoms with E-state index in [1.165, 1.54) is 24.3 Å². The number of halogens is 4. The van der Waals surface area contributed by atoms with E-state index in [9.17, 15) is 22.4 Å². The minimum absolute atomic E-state index is 0.214. The van der Waals surface area contributed by atoms with Crippen molar-refractivity contribution in [3.05, 3.63) is 71.0 Å². The molecule has 2 aromatic carbocycles. The summed E-state index contributed by atoms with van der Waals surface area (Å²) in [6, 6.07) is 9.37. The first-order valence-electron chi connectivity index (χ1n) is 7.21. The van der Waals surface area contributed by atoms with Crippen LogP contribution in [0.15, 0.2) is 48.5 Å². The van der Waals surface area contributed by atoms with Gasteiger partial charge in [0.2, 0.25) is 0 Å². The second-order valence-electron chi connectivity index (χ2n) is 5.29. The van der Waals surface area contributed by atoms with E-state index in [0.717, 1.165) is 17.7 Å². The molecule has 24 heavy (non-hydrogen) atoms. The van der Waals surface area contributed by atoms with Crippen molar-refractivity contribution in [2.45, 2.75) is 25.7 Å². The second-order valence-corrected chi connectivity index (χ2v) is 5.29. The summed E-state index contributed by atoms with van der Waals surface area (Å²) in [7, 11) is 0. The molecule has 0 saturated carbocycles. The summed E-state index contributed by atoms with van der Waals surface area (Å²) in [4.78, 5) is 11.8. The Kier molecular flexibility index (Phi) is 5.43. The van der Waals surface area contributed by atoms with Gasteiger partial charge < -0.3 is 10.6 Å². The van der Waals surface area contributed by atoms with Crippen molar-refractivity contribution in [2.24, 2.45) is 0 Å². The van der Waals surface area contributed by atoms with Crippen molar-refractivity contribution in [3.8, 4) is 0 Å². The third-order valence-electron chi connectivity index (χ3n) is 3.45. The van der Waals surface area contributed by atoms with Crippen LogP contribution in [-0.2, 0) is 12.7 Å². The van der Waals surface area contributed by atoms with Crippen molar-refractivity contribution < 1.29 is 22.4 Å². The number of hydrogen-bond acceptors (Lipinski definition) is 1. The normalized spacial score (nSPS) is 12.5. The Morgan fingerprint density at radius 3 is 2.17 bits per heavy atom. The van der Waals surface area contributed by atoms with Crippen LogP contribution in [-0.4, -0.2) is 6.03 Å². The molecule has 0 spiro atoms. The van der Waals surface area contributed by atoms with E-state index in [4.69, 9.17) is 0 Å². The van der Waals surface area contributed by atoms with Gasteiger partial charge in [-0.25, -0.2) is 9.18 Å². The van der Waals surface area contributed by atoms with Gasteiger partial charge in [0.1, 0.15) is 5.82 Å². The zero-order valence-electron chi connectivity index (χ0n) is 12.8. The summed E-state index contributed by atoms with van der Waals surface area (Å²) < 4.78 is 50.3. The second kappa shape index (κ2) is 7.33. The van der Waals surface area contributed by atoms with Crippen LogP contribution in [0.3, 0.4) is 0 Å². The van der Waals surface area contributed by atoms with E-state index in [1.807, 2.05) is 0 Å². The summed E-state index contributed by atoms with van der Waals surface area (Å²) in [6.45, 7) is 1.88. The molecular formula is C17H16F4N2O. The van der Waals surface area contributed by atoms with Crippen LogP contribution in [0, 0.1) is 5.82 Å². The molecule has 2 aromatic rings. The molecule has 2 N–H and O–H groups in total. The Morgan fingerprint density at radius 1 is 1.04 bits per heavy atom. The molecule has 7 heteroatoms. The SMILES string of the molecule is CC(NC(=O)NCc1ccc(F)cc1)c1ccc(C(F)(F)F)cc1. The van der Waals surface area contributed by atoms with E-state index in [0.29, 0.717) is 5.56 Å². The lowest BCUT2D eigenvalue weighted by atomic mass is 10.1. The number of amides is 2. The average Bonchev–Trinajstić information content (AvgIpc) is 2.53. The van der Waals surface area contributed by atoms with Crippen LogP contribution in [0.5, 0.6) is 0 Å². The quantitative estimate of drug-likeness (QED) is 0.796. The first-order chi connectivity index (χ1) is 11.3. The molecule has 0 aliphatic rings.